The molecule has 0 saturated carbocycles. The van der Waals surface area contributed by atoms with E-state index in [-0.39, 0.29) is 35.9 Å². The van der Waals surface area contributed by atoms with Crippen molar-refractivity contribution in [3.05, 3.63) is 82.9 Å². The lowest BCUT2D eigenvalue weighted by Gasteiger charge is -2.35. The molecule has 0 bridgehead atoms. The molecule has 7 N–H and O–H groups in total. The minimum Gasteiger partial charge on any atom is -0.507 e. The van der Waals surface area contributed by atoms with E-state index in [1.807, 2.05) is 51.1 Å². The number of hydrogen-bond acceptors (Lipinski definition) is 11. The lowest BCUT2D eigenvalue weighted by molar-refractivity contribution is 0.0197. The average Bonchev–Trinajstić information content (AvgIpc) is 3.13. The molecule has 2 unspecified atom stereocenters. The van der Waals surface area contributed by atoms with Crippen LogP contribution < -0.4 is 16.8 Å². The number of likely N-dealkylation sites (tertiary alicyclic amines) is 1. The van der Waals surface area contributed by atoms with Crippen LogP contribution in [0.15, 0.2) is 60.7 Å². The van der Waals surface area contributed by atoms with Gasteiger partial charge in [-0.05, 0) is 106 Å². The Morgan fingerprint density at radius 2 is 1.33 bits per heavy atom. The second kappa shape index (κ2) is 19.1. The summed E-state index contributed by atoms with van der Waals surface area (Å²) < 4.78 is 16.3. The summed E-state index contributed by atoms with van der Waals surface area (Å²) in [5.41, 5.74) is 18.6. The minimum absolute atomic E-state index is 0. The molecule has 2 aliphatic heterocycles. The molecule has 4 aromatic rings. The zero-order chi connectivity index (χ0) is 38.1. The Hall–Kier alpha value is -4.62. The van der Waals surface area contributed by atoms with Gasteiger partial charge in [0.25, 0.3) is 0 Å². The molecule has 2 fully saturated rings. The van der Waals surface area contributed by atoms with Gasteiger partial charge in [-0.1, -0.05) is 24.3 Å². The Bertz CT molecular complexity index is 1860. The predicted molar refractivity (Wildman–Crippen MR) is 215 cm³/mol. The van der Waals surface area contributed by atoms with Crippen LogP contribution in [0, 0.1) is 0 Å². The fourth-order valence-corrected chi connectivity index (χ4v) is 7.05. The first-order valence-electron chi connectivity index (χ1n) is 18.2. The van der Waals surface area contributed by atoms with Gasteiger partial charge in [-0.15, -0.1) is 12.4 Å². The number of amides is 1. The number of ether oxygens (including phenoxy) is 3. The molecule has 2 saturated heterocycles. The molecule has 13 heteroatoms. The summed E-state index contributed by atoms with van der Waals surface area (Å²) >= 11 is 0. The highest BCUT2D eigenvalue weighted by Crippen LogP contribution is 2.38. The number of nitrogens with zero attached hydrogens (tertiary/aromatic N) is 3. The van der Waals surface area contributed by atoms with Crippen molar-refractivity contribution in [2.75, 3.05) is 51.9 Å². The first-order chi connectivity index (χ1) is 25.4. The number of phenols is 2. The predicted octanol–water partition coefficient (Wildman–Crippen LogP) is 7.37. The van der Waals surface area contributed by atoms with Gasteiger partial charge >= 0.3 is 6.09 Å². The number of carbonyl (C=O) groups excluding carboxylic acids is 1. The number of carbonyl (C=O) groups is 1. The molecule has 2 aromatic heterocycles. The molecule has 54 heavy (non-hydrogen) atoms. The summed E-state index contributed by atoms with van der Waals surface area (Å²) in [6, 6.07) is 18.3. The quantitative estimate of drug-likeness (QED) is 0.121. The third-order valence-electron chi connectivity index (χ3n) is 9.57. The molecular formula is C41H55ClN6O6. The monoisotopic (exact) mass is 762 g/mol. The van der Waals surface area contributed by atoms with Gasteiger partial charge < -0.3 is 46.1 Å². The zero-order valence-electron chi connectivity index (χ0n) is 31.9. The van der Waals surface area contributed by atoms with Gasteiger partial charge in [-0.25, -0.2) is 14.8 Å². The Labute approximate surface area is 324 Å². The van der Waals surface area contributed by atoms with Crippen LogP contribution in [0.4, 0.5) is 16.4 Å². The van der Waals surface area contributed by atoms with Gasteiger partial charge in [0.2, 0.25) is 0 Å². The maximum atomic E-state index is 12.6. The fraction of sp³-hybridized carbons (Fsp3) is 0.439. The van der Waals surface area contributed by atoms with Crippen molar-refractivity contribution in [3.63, 3.8) is 0 Å². The van der Waals surface area contributed by atoms with Crippen LogP contribution in [0.25, 0.3) is 22.5 Å². The Morgan fingerprint density at radius 1 is 0.833 bits per heavy atom. The summed E-state index contributed by atoms with van der Waals surface area (Å²) in [7, 11) is 3.29. The molecule has 12 nitrogen and oxygen atoms in total. The number of halogens is 1. The Morgan fingerprint density at radius 3 is 1.80 bits per heavy atom. The maximum absolute atomic E-state index is 12.6. The van der Waals surface area contributed by atoms with Gasteiger partial charge in [-0.2, -0.15) is 0 Å². The van der Waals surface area contributed by atoms with Crippen LogP contribution in [0.5, 0.6) is 11.5 Å². The molecule has 0 radical (unpaired) electrons. The summed E-state index contributed by atoms with van der Waals surface area (Å²) in [5, 5.41) is 23.8. The zero-order valence-corrected chi connectivity index (χ0v) is 32.7. The molecule has 4 heterocycles. The van der Waals surface area contributed by atoms with Gasteiger partial charge in [0.15, 0.2) is 0 Å². The number of methoxy groups -OCH3 is 2. The van der Waals surface area contributed by atoms with Gasteiger partial charge in [0, 0.05) is 62.0 Å². The van der Waals surface area contributed by atoms with Gasteiger partial charge in [0.1, 0.15) is 28.7 Å². The third-order valence-corrected chi connectivity index (χ3v) is 9.57. The van der Waals surface area contributed by atoms with E-state index in [4.69, 9.17) is 25.7 Å². The number of phenolic OH excluding ortho intramolecular Hbond substituents is 2. The number of nitrogens with one attached hydrogen (secondary N) is 1. The van der Waals surface area contributed by atoms with Crippen molar-refractivity contribution in [3.8, 4) is 34.0 Å². The number of hydrogen-bond donors (Lipinski definition) is 5. The van der Waals surface area contributed by atoms with Crippen LogP contribution in [-0.2, 0) is 27.4 Å². The standard InChI is InChI=1S/C23H31N3O4.C18H23N3O2.ClH/c1-23(2,3)30-22(28)26-11-7-8-15(13-26)17-12-19(16-9-5-6-10-20(16)27)25-21(24)18(17)14-29-4;1-23-11-15-14(12-5-4-8-20-10-12)9-16(21-18(15)19)13-6-2-3-7-17(13)22;/h5-6,9-10,12,15,27H,7-8,11,13-14H2,1-4H3,(H2,24,25);2-3,6-7,9,12,20,22H,4-5,8,10-11H2,1H3,(H2,19,21);1H. The summed E-state index contributed by atoms with van der Waals surface area (Å²) in [6.07, 6.45) is 3.74. The van der Waals surface area contributed by atoms with E-state index in [0.717, 1.165) is 55.5 Å². The molecular weight excluding hydrogens is 708 g/mol. The van der Waals surface area contributed by atoms with Gasteiger partial charge in [0.05, 0.1) is 24.6 Å². The van der Waals surface area contributed by atoms with Gasteiger partial charge in [-0.3, -0.25) is 0 Å². The topological polar surface area (TPSA) is 178 Å². The molecule has 6 rings (SSSR count). The van der Waals surface area contributed by atoms with Crippen molar-refractivity contribution in [2.45, 2.75) is 77.1 Å². The number of para-hydroxylation sites is 2. The fourth-order valence-electron chi connectivity index (χ4n) is 7.05. The number of nitrogen functional groups attached to an aromatic ring is 2. The van der Waals surface area contributed by atoms with E-state index < -0.39 is 5.60 Å². The molecule has 1 amide bonds. The number of benzene rings is 2. The van der Waals surface area contributed by atoms with Crippen LogP contribution in [0.2, 0.25) is 0 Å². The Kier molecular flexibility index (Phi) is 14.9. The molecule has 0 spiro atoms. The first-order valence-corrected chi connectivity index (χ1v) is 18.2. The average molecular weight is 763 g/mol. The van der Waals surface area contributed by atoms with Crippen molar-refractivity contribution in [1.82, 2.24) is 20.2 Å². The number of pyridine rings is 2. The van der Waals surface area contributed by atoms with Crippen molar-refractivity contribution in [2.24, 2.45) is 0 Å². The van der Waals surface area contributed by atoms with E-state index in [2.05, 4.69) is 21.4 Å². The van der Waals surface area contributed by atoms with E-state index in [9.17, 15) is 15.0 Å². The maximum Gasteiger partial charge on any atom is 0.410 e. The lowest BCUT2D eigenvalue weighted by Crippen LogP contribution is -2.42. The number of piperidine rings is 2. The summed E-state index contributed by atoms with van der Waals surface area (Å²) in [6.45, 7) is 9.57. The van der Waals surface area contributed by atoms with E-state index in [0.29, 0.717) is 66.4 Å². The SMILES string of the molecule is COCc1c(C2CCCN(C(=O)OC(C)(C)C)C2)cc(-c2ccccc2O)nc1N.COCc1c(C2CCCNC2)cc(-c2ccccc2O)nc1N.Cl. The van der Waals surface area contributed by atoms with Crippen LogP contribution in [-0.4, -0.2) is 77.2 Å². The number of aromatic nitrogens is 2. The second-order valence-corrected chi connectivity index (χ2v) is 14.6. The molecule has 2 atom stereocenters. The van der Waals surface area contributed by atoms with Crippen LogP contribution >= 0.6 is 12.4 Å². The van der Waals surface area contributed by atoms with E-state index in [1.165, 1.54) is 5.56 Å². The smallest absolute Gasteiger partial charge is 0.410 e. The second-order valence-electron chi connectivity index (χ2n) is 14.6. The minimum atomic E-state index is -0.537. The van der Waals surface area contributed by atoms with E-state index in [1.54, 1.807) is 43.4 Å². The van der Waals surface area contributed by atoms with Crippen LogP contribution in [0.3, 0.4) is 0 Å². The van der Waals surface area contributed by atoms with Crippen molar-refractivity contribution >= 4 is 30.1 Å². The highest BCUT2D eigenvalue weighted by atomic mass is 35.5. The Balaban J connectivity index is 0.000000244. The highest BCUT2D eigenvalue weighted by molar-refractivity contribution is 5.85. The lowest BCUT2D eigenvalue weighted by atomic mass is 9.87. The first kappa shape index (κ1) is 42.1. The summed E-state index contributed by atoms with van der Waals surface area (Å²) in [4.78, 5) is 23.4. The van der Waals surface area contributed by atoms with Crippen molar-refractivity contribution in [1.29, 1.82) is 0 Å². The number of anilines is 2. The molecule has 2 aliphatic rings. The number of aromatic hydroxyl groups is 2. The molecule has 292 valence electrons. The normalized spacial score (nSPS) is 17.2. The van der Waals surface area contributed by atoms with E-state index >= 15 is 0 Å². The number of rotatable bonds is 8. The largest absolute Gasteiger partial charge is 0.507 e. The van der Waals surface area contributed by atoms with Crippen LogP contribution in [0.1, 0.15) is 80.5 Å². The number of nitrogens with two attached hydrogens (primary N) is 2. The molecule has 0 aliphatic carbocycles. The summed E-state index contributed by atoms with van der Waals surface area (Å²) in [5.74, 6) is 1.69. The highest BCUT2D eigenvalue weighted by Gasteiger charge is 2.31. The molecule has 2 aromatic carbocycles. The van der Waals surface area contributed by atoms with Crippen molar-refractivity contribution < 1.29 is 29.2 Å². The third kappa shape index (κ3) is 10.5.